The molecule has 1 unspecified atom stereocenters. The zero-order valence-corrected chi connectivity index (χ0v) is 16.8. The molecule has 0 bridgehead atoms. The molecular formula is C19H23O5PS. The van der Waals surface area contributed by atoms with Crippen molar-refractivity contribution in [3.05, 3.63) is 59.7 Å². The maximum Gasteiger partial charge on any atom is 0.440 e. The Balaban J connectivity index is 2.41. The second kappa shape index (κ2) is 9.81. The molecule has 0 saturated carbocycles. The van der Waals surface area contributed by atoms with Crippen LogP contribution in [0.15, 0.2) is 48.5 Å². The summed E-state index contributed by atoms with van der Waals surface area (Å²) >= 11 is 1.13. The molecule has 1 atom stereocenters. The molecule has 0 radical (unpaired) electrons. The largest absolute Gasteiger partial charge is 0.497 e. The molecule has 0 aliphatic rings. The number of carbonyl (C=O) groups is 1. The first-order valence-electron chi connectivity index (χ1n) is 8.39. The van der Waals surface area contributed by atoms with E-state index in [0.29, 0.717) is 22.6 Å². The maximum atomic E-state index is 13.0. The van der Waals surface area contributed by atoms with Crippen LogP contribution in [0.5, 0.6) is 11.5 Å². The minimum atomic E-state index is -3.44. The molecule has 0 saturated heterocycles. The number of hydrogen-bond donors (Lipinski definition) is 0. The highest BCUT2D eigenvalue weighted by molar-refractivity contribution is 8.55. The van der Waals surface area contributed by atoms with E-state index in [4.69, 9.17) is 13.8 Å². The van der Waals surface area contributed by atoms with Crippen molar-refractivity contribution in [2.45, 2.75) is 20.3 Å². The third-order valence-corrected chi connectivity index (χ3v) is 7.36. The van der Waals surface area contributed by atoms with Gasteiger partial charge in [-0.25, -0.2) is 4.57 Å². The molecule has 2 rings (SSSR count). The Hall–Kier alpha value is -1.75. The molecule has 0 heterocycles. The number of benzene rings is 2. The highest BCUT2D eigenvalue weighted by Gasteiger charge is 2.29. The maximum absolute atomic E-state index is 13.0. The Labute approximate surface area is 158 Å². The van der Waals surface area contributed by atoms with Crippen LogP contribution in [0, 0.1) is 0 Å². The summed E-state index contributed by atoms with van der Waals surface area (Å²) in [5.41, 5.74) is 0.837. The van der Waals surface area contributed by atoms with E-state index in [2.05, 4.69) is 0 Å². The number of ketones is 1. The predicted molar refractivity (Wildman–Crippen MR) is 105 cm³/mol. The standard InChI is InChI=1S/C19H23O5PS/c1-4-13-26-25(21,23-5-2)24-18-14-16(22-3)11-12-17(18)19(20)15-9-7-6-8-10-15/h6-12,14H,4-5,13H2,1-3H3. The smallest absolute Gasteiger partial charge is 0.440 e. The molecule has 7 heteroatoms. The number of carbonyl (C=O) groups excluding carboxylic acids is 1. The molecule has 5 nitrogen and oxygen atoms in total. The summed E-state index contributed by atoms with van der Waals surface area (Å²) in [5, 5.41) is 0. The lowest BCUT2D eigenvalue weighted by molar-refractivity contribution is 0.103. The lowest BCUT2D eigenvalue weighted by atomic mass is 10.0. The van der Waals surface area contributed by atoms with Gasteiger partial charge in [0.25, 0.3) is 0 Å². The summed E-state index contributed by atoms with van der Waals surface area (Å²) in [6.45, 7) is 0.552. The first-order valence-corrected chi connectivity index (χ1v) is 11.5. The van der Waals surface area contributed by atoms with Gasteiger partial charge in [0.15, 0.2) is 5.78 Å². The molecule has 0 fully saturated rings. The highest BCUT2D eigenvalue weighted by Crippen LogP contribution is 2.60. The van der Waals surface area contributed by atoms with E-state index in [0.717, 1.165) is 17.8 Å². The fraction of sp³-hybridized carbons (Fsp3) is 0.316. The SMILES string of the molecule is CCCSP(=O)(OCC)Oc1cc(OC)ccc1C(=O)c1ccccc1. The van der Waals surface area contributed by atoms with Gasteiger partial charge >= 0.3 is 6.80 Å². The summed E-state index contributed by atoms with van der Waals surface area (Å²) in [6, 6.07) is 13.7. The fourth-order valence-electron chi connectivity index (χ4n) is 2.21. The van der Waals surface area contributed by atoms with Gasteiger partial charge in [-0.3, -0.25) is 9.32 Å². The molecule has 2 aromatic carbocycles. The van der Waals surface area contributed by atoms with Crippen molar-refractivity contribution < 1.29 is 23.1 Å². The van der Waals surface area contributed by atoms with E-state index in [9.17, 15) is 9.36 Å². The molecule has 0 aliphatic heterocycles. The lowest BCUT2D eigenvalue weighted by Gasteiger charge is -2.19. The third kappa shape index (κ3) is 5.37. The number of ether oxygens (including phenoxy) is 1. The van der Waals surface area contributed by atoms with E-state index in [1.54, 1.807) is 49.4 Å². The van der Waals surface area contributed by atoms with Crippen LogP contribution in [0.2, 0.25) is 0 Å². The van der Waals surface area contributed by atoms with Crippen LogP contribution in [-0.4, -0.2) is 25.3 Å². The van der Waals surface area contributed by atoms with Gasteiger partial charge in [0, 0.05) is 17.4 Å². The molecule has 140 valence electrons. The van der Waals surface area contributed by atoms with Crippen molar-refractivity contribution in [3.63, 3.8) is 0 Å². The van der Waals surface area contributed by atoms with Gasteiger partial charge in [-0.05, 0) is 36.9 Å². The van der Waals surface area contributed by atoms with Crippen molar-refractivity contribution in [1.82, 2.24) is 0 Å². The number of rotatable bonds is 10. The van der Waals surface area contributed by atoms with E-state index in [1.807, 2.05) is 13.0 Å². The van der Waals surface area contributed by atoms with Crippen molar-refractivity contribution in [1.29, 1.82) is 0 Å². The van der Waals surface area contributed by atoms with Gasteiger partial charge in [-0.1, -0.05) is 37.3 Å². The molecule has 0 aromatic heterocycles. The zero-order valence-electron chi connectivity index (χ0n) is 15.1. The van der Waals surface area contributed by atoms with Gasteiger partial charge < -0.3 is 9.26 Å². The normalized spacial score (nSPS) is 13.0. The summed E-state index contributed by atoms with van der Waals surface area (Å²) in [7, 11) is 1.52. The quantitative estimate of drug-likeness (QED) is 0.386. The van der Waals surface area contributed by atoms with Gasteiger partial charge in [0.1, 0.15) is 11.5 Å². The Morgan fingerprint density at radius 2 is 1.85 bits per heavy atom. The van der Waals surface area contributed by atoms with Gasteiger partial charge in [-0.2, -0.15) is 0 Å². The topological polar surface area (TPSA) is 61.8 Å². The van der Waals surface area contributed by atoms with E-state index in [-0.39, 0.29) is 18.1 Å². The average Bonchev–Trinajstić information content (AvgIpc) is 2.66. The Morgan fingerprint density at radius 3 is 2.46 bits per heavy atom. The Kier molecular flexibility index (Phi) is 7.76. The minimum absolute atomic E-state index is 0.193. The average molecular weight is 394 g/mol. The molecular weight excluding hydrogens is 371 g/mol. The van der Waals surface area contributed by atoms with Crippen LogP contribution in [0.3, 0.4) is 0 Å². The van der Waals surface area contributed by atoms with E-state index in [1.165, 1.54) is 7.11 Å². The fourth-order valence-corrected chi connectivity index (χ4v) is 5.66. The van der Waals surface area contributed by atoms with E-state index >= 15 is 0 Å². The molecule has 26 heavy (non-hydrogen) atoms. The third-order valence-electron chi connectivity index (χ3n) is 3.42. The van der Waals surface area contributed by atoms with Crippen LogP contribution >= 0.6 is 18.2 Å². The number of hydrogen-bond acceptors (Lipinski definition) is 6. The van der Waals surface area contributed by atoms with Crippen LogP contribution in [0.1, 0.15) is 36.2 Å². The summed E-state index contributed by atoms with van der Waals surface area (Å²) in [6.07, 6.45) is 0.832. The monoisotopic (exact) mass is 394 g/mol. The first-order chi connectivity index (χ1) is 12.5. The second-order valence-electron chi connectivity index (χ2n) is 5.35. The van der Waals surface area contributed by atoms with Crippen molar-refractivity contribution in [2.24, 2.45) is 0 Å². The molecule has 0 spiro atoms. The summed E-state index contributed by atoms with van der Waals surface area (Å²) in [5.74, 6) is 1.11. The van der Waals surface area contributed by atoms with Gasteiger partial charge in [0.05, 0.1) is 19.3 Å². The van der Waals surface area contributed by atoms with Crippen molar-refractivity contribution in [2.75, 3.05) is 19.5 Å². The molecule has 0 aliphatic carbocycles. The summed E-state index contributed by atoms with van der Waals surface area (Å²) in [4.78, 5) is 12.9. The molecule has 2 aromatic rings. The zero-order chi connectivity index (χ0) is 19.0. The Bertz CT molecular complexity index is 779. The van der Waals surface area contributed by atoms with Gasteiger partial charge in [-0.15, -0.1) is 0 Å². The number of methoxy groups -OCH3 is 1. The van der Waals surface area contributed by atoms with Crippen LogP contribution in [-0.2, 0) is 9.09 Å². The van der Waals surface area contributed by atoms with Crippen molar-refractivity contribution in [3.8, 4) is 11.5 Å². The summed E-state index contributed by atoms with van der Waals surface area (Å²) < 4.78 is 29.4. The minimum Gasteiger partial charge on any atom is -0.497 e. The lowest BCUT2D eigenvalue weighted by Crippen LogP contribution is -2.05. The molecule has 0 N–H and O–H groups in total. The van der Waals surface area contributed by atoms with Crippen molar-refractivity contribution >= 4 is 24.0 Å². The predicted octanol–water partition coefficient (Wildman–Crippen LogP) is 5.59. The second-order valence-corrected chi connectivity index (χ2v) is 9.46. The highest BCUT2D eigenvalue weighted by atomic mass is 32.7. The van der Waals surface area contributed by atoms with Crippen LogP contribution < -0.4 is 9.26 Å². The van der Waals surface area contributed by atoms with Gasteiger partial charge in [0.2, 0.25) is 0 Å². The molecule has 0 amide bonds. The van der Waals surface area contributed by atoms with Crippen LogP contribution in [0.4, 0.5) is 0 Å². The van der Waals surface area contributed by atoms with E-state index < -0.39 is 6.80 Å². The van der Waals surface area contributed by atoms with Crippen LogP contribution in [0.25, 0.3) is 0 Å². The first kappa shape index (κ1) is 20.6. The Morgan fingerprint density at radius 1 is 1.12 bits per heavy atom.